The highest BCUT2D eigenvalue weighted by Gasteiger charge is 2.31. The monoisotopic (exact) mass is 726 g/mol. The summed E-state index contributed by atoms with van der Waals surface area (Å²) in [6, 6.07) is 21.9. The maximum Gasteiger partial charge on any atom is 0.345 e. The number of esters is 1. The summed E-state index contributed by atoms with van der Waals surface area (Å²) in [4.78, 5) is 25.3. The van der Waals surface area contributed by atoms with E-state index in [-0.39, 0.29) is 46.5 Å². The number of unbranched alkanes of at least 4 members (excludes halogenated alkanes) is 5. The van der Waals surface area contributed by atoms with Gasteiger partial charge in [0, 0.05) is 13.0 Å². The van der Waals surface area contributed by atoms with Gasteiger partial charge >= 0.3 is 5.97 Å². The molecule has 0 heterocycles. The normalized spacial score (nSPS) is 11.7. The van der Waals surface area contributed by atoms with Crippen LogP contribution >= 0.6 is 23.2 Å². The van der Waals surface area contributed by atoms with Crippen LogP contribution in [0.2, 0.25) is 10.0 Å². The van der Waals surface area contributed by atoms with E-state index in [0.29, 0.717) is 28.4 Å². The lowest BCUT2D eigenvalue weighted by Gasteiger charge is -2.33. The number of ether oxygens (including phenoxy) is 2. The molecule has 0 aliphatic rings. The summed E-state index contributed by atoms with van der Waals surface area (Å²) >= 11 is 12.1. The molecule has 0 fully saturated rings. The molecule has 0 spiro atoms. The zero-order valence-corrected chi connectivity index (χ0v) is 28.3. The third-order valence-corrected chi connectivity index (χ3v) is 7.67. The fourth-order valence-corrected chi connectivity index (χ4v) is 4.81. The molecule has 0 aromatic heterocycles. The van der Waals surface area contributed by atoms with Crippen LogP contribution in [-0.4, -0.2) is 56.7 Å². The van der Waals surface area contributed by atoms with Crippen molar-refractivity contribution in [1.29, 1.82) is 0 Å². The van der Waals surface area contributed by atoms with Crippen LogP contribution in [0.3, 0.4) is 0 Å². The fourth-order valence-electron chi connectivity index (χ4n) is 4.44. The van der Waals surface area contributed by atoms with Gasteiger partial charge in [0.05, 0.1) is 43.4 Å². The average Bonchev–Trinajstić information content (AvgIpc) is 2.94. The standard InChI is InChI=1S/C33H40Cl2N2O4.HI/c1-37(2,3)30(24-25-14-9-8-10-15-25)32(38)36-22-11-6-4-5-7-12-23-40-26-18-20-27(21-19-26)41-33(39)28-16-13-17-29(34)31(28)35;/h8-10,13-21,30H,4-7,11-12,22-24H2,1-3H3;1H. The Balaban J connectivity index is 0.00000616. The Kier molecular flexibility index (Phi) is 15.7. The van der Waals surface area contributed by atoms with Crippen LogP contribution in [0, 0.1) is 0 Å². The van der Waals surface area contributed by atoms with Gasteiger partial charge in [0.15, 0.2) is 6.04 Å². The second-order valence-electron chi connectivity index (χ2n) is 11.0. The zero-order chi connectivity index (χ0) is 29.7. The van der Waals surface area contributed by atoms with E-state index in [9.17, 15) is 9.59 Å². The SMILES string of the molecule is C[N+](C)(C)C(Cc1ccccc1)C(=O)NCCCCCCCCOc1ccc(OC(=O)c2cccc(Cl)c2Cl)cc1.[I-]. The van der Waals surface area contributed by atoms with Crippen LogP contribution in [-0.2, 0) is 11.2 Å². The van der Waals surface area contributed by atoms with Gasteiger partial charge in [0.2, 0.25) is 0 Å². The quantitative estimate of drug-likeness (QED) is 0.0784. The number of hydrogen-bond acceptors (Lipinski definition) is 4. The van der Waals surface area contributed by atoms with E-state index in [4.69, 9.17) is 32.7 Å². The molecule has 1 amide bonds. The van der Waals surface area contributed by atoms with Gasteiger partial charge in [0.1, 0.15) is 11.5 Å². The molecule has 0 saturated heterocycles. The van der Waals surface area contributed by atoms with Gasteiger partial charge in [0.25, 0.3) is 5.91 Å². The Bertz CT molecular complexity index is 1250. The van der Waals surface area contributed by atoms with Crippen molar-refractivity contribution in [1.82, 2.24) is 5.32 Å². The van der Waals surface area contributed by atoms with E-state index < -0.39 is 5.97 Å². The molecule has 6 nitrogen and oxygen atoms in total. The number of likely N-dealkylation sites (N-methyl/N-ethyl adjacent to an activating group) is 1. The van der Waals surface area contributed by atoms with E-state index in [0.717, 1.165) is 50.7 Å². The van der Waals surface area contributed by atoms with E-state index in [1.54, 1.807) is 42.5 Å². The predicted molar refractivity (Wildman–Crippen MR) is 166 cm³/mol. The van der Waals surface area contributed by atoms with E-state index in [1.165, 1.54) is 5.56 Å². The molecule has 42 heavy (non-hydrogen) atoms. The van der Waals surface area contributed by atoms with E-state index in [1.807, 2.05) is 18.2 Å². The number of carbonyl (C=O) groups excluding carboxylic acids is 2. The van der Waals surface area contributed by atoms with Gasteiger partial charge in [-0.15, -0.1) is 0 Å². The van der Waals surface area contributed by atoms with Crippen molar-refractivity contribution in [3.8, 4) is 11.5 Å². The van der Waals surface area contributed by atoms with Crippen molar-refractivity contribution in [3.05, 3.63) is 94.0 Å². The molecule has 1 N–H and O–H groups in total. The van der Waals surface area contributed by atoms with Crippen molar-refractivity contribution in [2.75, 3.05) is 34.3 Å². The third-order valence-electron chi connectivity index (χ3n) is 6.85. The minimum atomic E-state index is -0.565. The van der Waals surface area contributed by atoms with Crippen molar-refractivity contribution in [3.63, 3.8) is 0 Å². The summed E-state index contributed by atoms with van der Waals surface area (Å²) in [6.45, 7) is 1.34. The van der Waals surface area contributed by atoms with Crippen molar-refractivity contribution in [2.45, 2.75) is 51.0 Å². The highest BCUT2D eigenvalue weighted by molar-refractivity contribution is 6.43. The summed E-state index contributed by atoms with van der Waals surface area (Å²) in [5.74, 6) is 0.680. The highest BCUT2D eigenvalue weighted by atomic mass is 127. The molecule has 0 aliphatic carbocycles. The van der Waals surface area contributed by atoms with Crippen LogP contribution in [0.4, 0.5) is 0 Å². The highest BCUT2D eigenvalue weighted by Crippen LogP contribution is 2.27. The number of nitrogens with zero attached hydrogens (tertiary/aromatic N) is 1. The Morgan fingerprint density at radius 3 is 2.07 bits per heavy atom. The number of hydrogen-bond donors (Lipinski definition) is 1. The molecular weight excluding hydrogens is 686 g/mol. The molecule has 3 rings (SSSR count). The molecule has 0 aliphatic heterocycles. The van der Waals surface area contributed by atoms with Crippen molar-refractivity contribution in [2.24, 2.45) is 0 Å². The van der Waals surface area contributed by atoms with Gasteiger partial charge in [-0.25, -0.2) is 4.79 Å². The maximum absolute atomic E-state index is 12.9. The Hall–Kier alpha value is -2.33. The maximum atomic E-state index is 12.9. The Labute approximate surface area is 277 Å². The summed E-state index contributed by atoms with van der Waals surface area (Å²) in [7, 11) is 6.22. The molecule has 0 saturated carbocycles. The minimum Gasteiger partial charge on any atom is -1.00 e. The fraction of sp³-hybridized carbons (Fsp3) is 0.394. The molecule has 3 aromatic rings. The molecule has 0 radical (unpaired) electrons. The number of carbonyl (C=O) groups is 2. The van der Waals surface area contributed by atoms with Crippen LogP contribution in [0.1, 0.15) is 54.4 Å². The lowest BCUT2D eigenvalue weighted by Crippen LogP contribution is -3.00. The third kappa shape index (κ3) is 12.1. The van der Waals surface area contributed by atoms with Crippen molar-refractivity contribution < 1.29 is 47.5 Å². The Morgan fingerprint density at radius 2 is 1.40 bits per heavy atom. The van der Waals surface area contributed by atoms with Gasteiger partial charge in [-0.3, -0.25) is 4.79 Å². The zero-order valence-electron chi connectivity index (χ0n) is 24.6. The largest absolute Gasteiger partial charge is 1.00 e. The predicted octanol–water partition coefficient (Wildman–Crippen LogP) is 4.37. The number of rotatable bonds is 16. The molecular formula is C33H41Cl2IN2O4. The lowest BCUT2D eigenvalue weighted by molar-refractivity contribution is -0.886. The lowest BCUT2D eigenvalue weighted by atomic mass is 10.0. The molecule has 0 bridgehead atoms. The molecule has 9 heteroatoms. The van der Waals surface area contributed by atoms with Crippen LogP contribution in [0.5, 0.6) is 11.5 Å². The number of halogens is 3. The van der Waals surface area contributed by atoms with Gasteiger partial charge in [-0.1, -0.05) is 85.3 Å². The minimum absolute atomic E-state index is 0. The molecule has 1 atom stereocenters. The van der Waals surface area contributed by atoms with E-state index in [2.05, 4.69) is 38.6 Å². The first-order valence-electron chi connectivity index (χ1n) is 14.2. The Morgan fingerprint density at radius 1 is 0.786 bits per heavy atom. The summed E-state index contributed by atoms with van der Waals surface area (Å²) in [5, 5.41) is 3.63. The second-order valence-corrected chi connectivity index (χ2v) is 11.8. The van der Waals surface area contributed by atoms with Gasteiger partial charge in [-0.05, 0) is 54.8 Å². The smallest absolute Gasteiger partial charge is 0.345 e. The number of benzene rings is 3. The van der Waals surface area contributed by atoms with Gasteiger partial charge in [-0.2, -0.15) is 0 Å². The average molecular weight is 728 g/mol. The van der Waals surface area contributed by atoms with Crippen molar-refractivity contribution >= 4 is 35.1 Å². The summed E-state index contributed by atoms with van der Waals surface area (Å²) in [6.07, 6.45) is 7.13. The van der Waals surface area contributed by atoms with E-state index >= 15 is 0 Å². The summed E-state index contributed by atoms with van der Waals surface area (Å²) in [5.41, 5.74) is 1.40. The topological polar surface area (TPSA) is 64.6 Å². The summed E-state index contributed by atoms with van der Waals surface area (Å²) < 4.78 is 11.8. The van der Waals surface area contributed by atoms with Crippen LogP contribution in [0.25, 0.3) is 0 Å². The first-order chi connectivity index (χ1) is 19.6. The number of amides is 1. The number of quaternary nitrogens is 1. The van der Waals surface area contributed by atoms with Gasteiger partial charge < -0.3 is 43.3 Å². The second kappa shape index (κ2) is 18.4. The molecule has 1 unspecified atom stereocenters. The molecule has 228 valence electrons. The first kappa shape index (κ1) is 35.9. The van der Waals surface area contributed by atoms with Crippen LogP contribution < -0.4 is 38.8 Å². The number of nitrogens with one attached hydrogen (secondary N) is 1. The first-order valence-corrected chi connectivity index (χ1v) is 14.9. The van der Waals surface area contributed by atoms with Crippen LogP contribution in [0.15, 0.2) is 72.8 Å². The molecule has 3 aromatic carbocycles.